The third-order valence-electron chi connectivity index (χ3n) is 7.15. The fraction of sp³-hybridized carbons (Fsp3) is 0.379. The van der Waals surface area contributed by atoms with E-state index >= 15 is 0 Å². The van der Waals surface area contributed by atoms with E-state index in [-0.39, 0.29) is 0 Å². The van der Waals surface area contributed by atoms with Gasteiger partial charge in [0.15, 0.2) is 5.82 Å². The lowest BCUT2D eigenvalue weighted by molar-refractivity contribution is 0.249. The van der Waals surface area contributed by atoms with Crippen molar-refractivity contribution >= 4 is 16.6 Å². The lowest BCUT2D eigenvalue weighted by Gasteiger charge is -2.35. The molecule has 1 aliphatic rings. The maximum absolute atomic E-state index is 5.78. The highest BCUT2D eigenvalue weighted by Crippen LogP contribution is 2.38. The Balaban J connectivity index is 1.49. The molecule has 1 aliphatic heterocycles. The van der Waals surface area contributed by atoms with E-state index in [1.54, 1.807) is 7.11 Å². The summed E-state index contributed by atoms with van der Waals surface area (Å²) in [5, 5.41) is 11.7. The molecule has 4 aromatic rings. The number of fused-ring (bicyclic) bond motifs is 1. The second kappa shape index (κ2) is 10.2. The average Bonchev–Trinajstić information content (AvgIpc) is 3.16. The predicted molar refractivity (Wildman–Crippen MR) is 145 cm³/mol. The quantitative estimate of drug-likeness (QED) is 0.364. The SMILES string of the molecule is CCOc1ccc(-n2c(C)c3c(C)nnc(N4CCN(Cc5ccccc5)CC4)c3c2C)c(OC)c1. The molecule has 36 heavy (non-hydrogen) atoms. The molecule has 5 rings (SSSR count). The molecule has 0 atom stereocenters. The molecule has 188 valence electrons. The van der Waals surface area contributed by atoms with Crippen molar-refractivity contribution in [2.24, 2.45) is 0 Å². The van der Waals surface area contributed by atoms with Crippen LogP contribution in [0.3, 0.4) is 0 Å². The molecule has 0 N–H and O–H groups in total. The molecule has 0 saturated carbocycles. The van der Waals surface area contributed by atoms with Gasteiger partial charge in [0.2, 0.25) is 0 Å². The molecule has 7 nitrogen and oxygen atoms in total. The third kappa shape index (κ3) is 4.39. The molecule has 0 aliphatic carbocycles. The third-order valence-corrected chi connectivity index (χ3v) is 7.15. The molecule has 1 saturated heterocycles. The highest BCUT2D eigenvalue weighted by molar-refractivity contribution is 5.99. The number of benzene rings is 2. The van der Waals surface area contributed by atoms with E-state index in [0.29, 0.717) is 6.61 Å². The Hall–Kier alpha value is -3.58. The van der Waals surface area contributed by atoms with Crippen molar-refractivity contribution in [3.8, 4) is 17.2 Å². The predicted octanol–water partition coefficient (Wildman–Crippen LogP) is 5.08. The molecule has 7 heteroatoms. The molecule has 0 amide bonds. The fourth-order valence-corrected chi connectivity index (χ4v) is 5.42. The van der Waals surface area contributed by atoms with Gasteiger partial charge < -0.3 is 18.9 Å². The lowest BCUT2D eigenvalue weighted by atomic mass is 10.1. The first kappa shape index (κ1) is 24.1. The van der Waals surface area contributed by atoms with Crippen molar-refractivity contribution in [3.05, 3.63) is 71.2 Å². The average molecular weight is 486 g/mol. The van der Waals surface area contributed by atoms with E-state index in [0.717, 1.165) is 72.8 Å². The van der Waals surface area contributed by atoms with Crippen LogP contribution in [0.1, 0.15) is 29.6 Å². The van der Waals surface area contributed by atoms with Gasteiger partial charge in [-0.05, 0) is 45.4 Å². The summed E-state index contributed by atoms with van der Waals surface area (Å²) in [5.74, 6) is 2.56. The summed E-state index contributed by atoms with van der Waals surface area (Å²) >= 11 is 0. The van der Waals surface area contributed by atoms with Crippen LogP contribution in [0.2, 0.25) is 0 Å². The van der Waals surface area contributed by atoms with E-state index in [4.69, 9.17) is 14.6 Å². The second-order valence-electron chi connectivity index (χ2n) is 9.38. The molecule has 2 aromatic carbocycles. The number of aryl methyl sites for hydroxylation is 3. The van der Waals surface area contributed by atoms with Crippen molar-refractivity contribution in [2.75, 3.05) is 44.8 Å². The first-order valence-electron chi connectivity index (χ1n) is 12.7. The number of hydrogen-bond donors (Lipinski definition) is 0. The van der Waals surface area contributed by atoms with Gasteiger partial charge in [-0.25, -0.2) is 0 Å². The Kier molecular flexibility index (Phi) is 6.83. The second-order valence-corrected chi connectivity index (χ2v) is 9.38. The molecule has 3 heterocycles. The molecule has 0 radical (unpaired) electrons. The van der Waals surface area contributed by atoms with Crippen LogP contribution in [-0.4, -0.2) is 59.6 Å². The first-order chi connectivity index (χ1) is 17.5. The summed E-state index contributed by atoms with van der Waals surface area (Å²) in [6, 6.07) is 16.7. The molecule has 1 fully saturated rings. The zero-order valence-corrected chi connectivity index (χ0v) is 21.9. The number of piperazine rings is 1. The fourth-order valence-electron chi connectivity index (χ4n) is 5.42. The van der Waals surface area contributed by atoms with E-state index in [2.05, 4.69) is 69.7 Å². The summed E-state index contributed by atoms with van der Waals surface area (Å²) in [5.41, 5.74) is 5.58. The number of ether oxygens (including phenoxy) is 2. The van der Waals surface area contributed by atoms with Gasteiger partial charge in [-0.1, -0.05) is 30.3 Å². The molecule has 0 bridgehead atoms. The maximum atomic E-state index is 5.78. The molecule has 0 spiro atoms. The van der Waals surface area contributed by atoms with Crippen molar-refractivity contribution < 1.29 is 9.47 Å². The van der Waals surface area contributed by atoms with Crippen molar-refractivity contribution in [1.29, 1.82) is 0 Å². The maximum Gasteiger partial charge on any atom is 0.161 e. The van der Waals surface area contributed by atoms with Crippen molar-refractivity contribution in [1.82, 2.24) is 19.7 Å². The van der Waals surface area contributed by atoms with Crippen LogP contribution in [0, 0.1) is 20.8 Å². The van der Waals surface area contributed by atoms with Crippen LogP contribution < -0.4 is 14.4 Å². The number of hydrogen-bond acceptors (Lipinski definition) is 6. The summed E-state index contributed by atoms with van der Waals surface area (Å²) < 4.78 is 13.8. The summed E-state index contributed by atoms with van der Waals surface area (Å²) in [4.78, 5) is 4.90. The standard InChI is InChI=1S/C29H35N5O2/c1-6-36-24-12-13-25(26(18-24)35-5)34-21(3)27-20(2)30-31-29(28(27)22(34)4)33-16-14-32(15-17-33)19-23-10-8-7-9-11-23/h7-13,18H,6,14-17,19H2,1-5H3. The number of anilines is 1. The first-order valence-corrected chi connectivity index (χ1v) is 12.7. The number of nitrogens with zero attached hydrogens (tertiary/aromatic N) is 5. The Morgan fingerprint density at radius 3 is 2.28 bits per heavy atom. The smallest absolute Gasteiger partial charge is 0.161 e. The largest absolute Gasteiger partial charge is 0.494 e. The lowest BCUT2D eigenvalue weighted by Crippen LogP contribution is -2.46. The van der Waals surface area contributed by atoms with Gasteiger partial charge in [-0.2, -0.15) is 5.10 Å². The minimum absolute atomic E-state index is 0.618. The molecular weight excluding hydrogens is 450 g/mol. The van der Waals surface area contributed by atoms with Gasteiger partial charge >= 0.3 is 0 Å². The van der Waals surface area contributed by atoms with E-state index in [9.17, 15) is 0 Å². The van der Waals surface area contributed by atoms with Gasteiger partial charge in [-0.3, -0.25) is 4.90 Å². The van der Waals surface area contributed by atoms with Crippen molar-refractivity contribution in [2.45, 2.75) is 34.2 Å². The number of rotatable bonds is 7. The number of methoxy groups -OCH3 is 1. The summed E-state index contributed by atoms with van der Waals surface area (Å²) in [6.07, 6.45) is 0. The molecular formula is C29H35N5O2. The van der Waals surface area contributed by atoms with Crippen LogP contribution in [0.15, 0.2) is 48.5 Å². The van der Waals surface area contributed by atoms with Crippen molar-refractivity contribution in [3.63, 3.8) is 0 Å². The monoisotopic (exact) mass is 485 g/mol. The van der Waals surface area contributed by atoms with Gasteiger partial charge in [0.25, 0.3) is 0 Å². The highest BCUT2D eigenvalue weighted by Gasteiger charge is 2.26. The van der Waals surface area contributed by atoms with Crippen LogP contribution in [-0.2, 0) is 6.54 Å². The van der Waals surface area contributed by atoms with E-state index in [1.165, 1.54) is 16.3 Å². The normalized spacial score (nSPS) is 14.4. The zero-order chi connectivity index (χ0) is 25.2. The Bertz CT molecular complexity index is 1360. The Morgan fingerprint density at radius 1 is 0.861 bits per heavy atom. The van der Waals surface area contributed by atoms with E-state index < -0.39 is 0 Å². The molecule has 0 unspecified atom stereocenters. The Labute approximate surface area is 213 Å². The van der Waals surface area contributed by atoms with Crippen LogP contribution >= 0.6 is 0 Å². The van der Waals surface area contributed by atoms with Gasteiger partial charge in [0.1, 0.15) is 11.5 Å². The molecule has 2 aromatic heterocycles. The minimum Gasteiger partial charge on any atom is -0.494 e. The highest BCUT2D eigenvalue weighted by atomic mass is 16.5. The van der Waals surface area contributed by atoms with Crippen LogP contribution in [0.25, 0.3) is 16.5 Å². The van der Waals surface area contributed by atoms with Gasteiger partial charge in [-0.15, -0.1) is 5.10 Å². The van der Waals surface area contributed by atoms with E-state index in [1.807, 2.05) is 26.0 Å². The Morgan fingerprint density at radius 2 is 1.58 bits per heavy atom. The van der Waals surface area contributed by atoms with Gasteiger partial charge in [0.05, 0.1) is 25.1 Å². The van der Waals surface area contributed by atoms with Gasteiger partial charge in [0, 0.05) is 61.0 Å². The number of aromatic nitrogens is 3. The zero-order valence-electron chi connectivity index (χ0n) is 21.9. The topological polar surface area (TPSA) is 55.7 Å². The van der Waals surface area contributed by atoms with Crippen LogP contribution in [0.4, 0.5) is 5.82 Å². The summed E-state index contributed by atoms with van der Waals surface area (Å²) in [7, 11) is 1.71. The summed E-state index contributed by atoms with van der Waals surface area (Å²) in [6.45, 7) is 13.8. The minimum atomic E-state index is 0.618. The van der Waals surface area contributed by atoms with Crippen LogP contribution in [0.5, 0.6) is 11.5 Å².